The molecule has 0 radical (unpaired) electrons. The van der Waals surface area contributed by atoms with Crippen LogP contribution in [0.2, 0.25) is 0 Å². The van der Waals surface area contributed by atoms with Crippen molar-refractivity contribution in [2.45, 2.75) is 6.54 Å². The molecule has 0 aromatic heterocycles. The number of nitrogens with one attached hydrogen (secondary N) is 1. The van der Waals surface area contributed by atoms with Crippen molar-refractivity contribution in [1.82, 2.24) is 5.32 Å². The predicted molar refractivity (Wildman–Crippen MR) is 63.1 cm³/mol. The third kappa shape index (κ3) is 3.48. The summed E-state index contributed by atoms with van der Waals surface area (Å²) in [5.41, 5.74) is 1.18. The molecule has 1 aromatic rings. The number of hydrogen-bond acceptors (Lipinski definition) is 2. The molecule has 0 bridgehead atoms. The molecule has 0 aliphatic heterocycles. The summed E-state index contributed by atoms with van der Waals surface area (Å²) in [6.45, 7) is 1.61. The molecule has 14 heavy (non-hydrogen) atoms. The largest absolute Gasteiger partial charge is 0.497 e. The van der Waals surface area contributed by atoms with Crippen LogP contribution >= 0.6 is 27.5 Å². The standard InChI is InChI=1S/C10H13BrClNO/c1-14-9-2-3-10(11)8(6-9)7-13-5-4-12/h2-3,6,13H,4-5,7H2,1H3. The third-order valence-corrected chi connectivity index (χ3v) is 2.80. The minimum atomic E-state index is 0.627. The summed E-state index contributed by atoms with van der Waals surface area (Å²) in [6.07, 6.45) is 0. The minimum absolute atomic E-state index is 0.627. The van der Waals surface area contributed by atoms with Crippen LogP contribution in [0.25, 0.3) is 0 Å². The fraction of sp³-hybridized carbons (Fsp3) is 0.400. The molecule has 0 aliphatic carbocycles. The lowest BCUT2D eigenvalue weighted by Gasteiger charge is -2.07. The van der Waals surface area contributed by atoms with Gasteiger partial charge in [-0.3, -0.25) is 0 Å². The summed E-state index contributed by atoms with van der Waals surface area (Å²) in [4.78, 5) is 0. The van der Waals surface area contributed by atoms with Crippen molar-refractivity contribution >= 4 is 27.5 Å². The van der Waals surface area contributed by atoms with Crippen molar-refractivity contribution in [1.29, 1.82) is 0 Å². The van der Waals surface area contributed by atoms with Crippen LogP contribution in [0.15, 0.2) is 22.7 Å². The molecule has 4 heteroatoms. The Morgan fingerprint density at radius 2 is 2.29 bits per heavy atom. The van der Waals surface area contributed by atoms with Crippen molar-refractivity contribution in [2.24, 2.45) is 0 Å². The van der Waals surface area contributed by atoms with Crippen LogP contribution in [0.1, 0.15) is 5.56 Å². The summed E-state index contributed by atoms with van der Waals surface area (Å²) in [6, 6.07) is 5.91. The first kappa shape index (κ1) is 11.8. The van der Waals surface area contributed by atoms with Crippen LogP contribution in [0.4, 0.5) is 0 Å². The number of hydrogen-bond donors (Lipinski definition) is 1. The maximum absolute atomic E-state index is 5.57. The lowest BCUT2D eigenvalue weighted by molar-refractivity contribution is 0.414. The Bertz CT molecular complexity index is 293. The van der Waals surface area contributed by atoms with Gasteiger partial charge in [0.1, 0.15) is 5.75 Å². The van der Waals surface area contributed by atoms with Gasteiger partial charge in [-0.1, -0.05) is 15.9 Å². The second kappa shape index (κ2) is 6.27. The summed E-state index contributed by atoms with van der Waals surface area (Å²) >= 11 is 9.05. The van der Waals surface area contributed by atoms with Gasteiger partial charge in [-0.05, 0) is 23.8 Å². The molecule has 0 aliphatic rings. The Labute approximate surface area is 97.7 Å². The normalized spacial score (nSPS) is 10.2. The van der Waals surface area contributed by atoms with Gasteiger partial charge in [0.25, 0.3) is 0 Å². The van der Waals surface area contributed by atoms with Gasteiger partial charge in [0.2, 0.25) is 0 Å². The van der Waals surface area contributed by atoms with Crippen LogP contribution in [-0.2, 0) is 6.54 Å². The summed E-state index contributed by atoms with van der Waals surface area (Å²) in [5, 5.41) is 3.23. The van der Waals surface area contributed by atoms with Crippen molar-refractivity contribution in [3.05, 3.63) is 28.2 Å². The molecule has 1 N–H and O–H groups in total. The van der Waals surface area contributed by atoms with E-state index in [2.05, 4.69) is 21.2 Å². The van der Waals surface area contributed by atoms with Gasteiger partial charge < -0.3 is 10.1 Å². The van der Waals surface area contributed by atoms with E-state index in [1.807, 2.05) is 18.2 Å². The number of halogens is 2. The van der Waals surface area contributed by atoms with E-state index in [9.17, 15) is 0 Å². The first-order valence-corrected chi connectivity index (χ1v) is 5.69. The Morgan fingerprint density at radius 1 is 1.50 bits per heavy atom. The summed E-state index contributed by atoms with van der Waals surface area (Å²) in [5.74, 6) is 1.50. The molecule has 0 atom stereocenters. The van der Waals surface area contributed by atoms with E-state index in [1.54, 1.807) is 7.11 Å². The maximum atomic E-state index is 5.57. The van der Waals surface area contributed by atoms with E-state index in [1.165, 1.54) is 5.56 Å². The van der Waals surface area contributed by atoms with E-state index in [4.69, 9.17) is 16.3 Å². The first-order chi connectivity index (χ1) is 6.77. The maximum Gasteiger partial charge on any atom is 0.119 e. The zero-order valence-electron chi connectivity index (χ0n) is 8.02. The molecule has 1 rings (SSSR count). The van der Waals surface area contributed by atoms with Crippen LogP contribution in [-0.4, -0.2) is 19.5 Å². The van der Waals surface area contributed by atoms with Crippen LogP contribution in [0, 0.1) is 0 Å². The highest BCUT2D eigenvalue weighted by Crippen LogP contribution is 2.22. The lowest BCUT2D eigenvalue weighted by atomic mass is 10.2. The van der Waals surface area contributed by atoms with Crippen molar-refractivity contribution in [2.75, 3.05) is 19.5 Å². The average molecular weight is 279 g/mol. The van der Waals surface area contributed by atoms with Crippen molar-refractivity contribution < 1.29 is 4.74 Å². The number of ether oxygens (including phenoxy) is 1. The van der Waals surface area contributed by atoms with Gasteiger partial charge in [-0.2, -0.15) is 0 Å². The lowest BCUT2D eigenvalue weighted by Crippen LogP contribution is -2.15. The van der Waals surface area contributed by atoms with Gasteiger partial charge in [0.15, 0.2) is 0 Å². The molecule has 2 nitrogen and oxygen atoms in total. The van der Waals surface area contributed by atoms with E-state index < -0.39 is 0 Å². The number of methoxy groups -OCH3 is 1. The summed E-state index contributed by atoms with van der Waals surface area (Å²) < 4.78 is 6.23. The highest BCUT2D eigenvalue weighted by Gasteiger charge is 2.01. The molecule has 0 heterocycles. The van der Waals surface area contributed by atoms with Gasteiger partial charge >= 0.3 is 0 Å². The highest BCUT2D eigenvalue weighted by atomic mass is 79.9. The second-order valence-electron chi connectivity index (χ2n) is 2.82. The van der Waals surface area contributed by atoms with E-state index >= 15 is 0 Å². The van der Waals surface area contributed by atoms with Crippen molar-refractivity contribution in [3.8, 4) is 5.75 Å². The van der Waals surface area contributed by atoms with E-state index in [0.29, 0.717) is 5.88 Å². The predicted octanol–water partition coefficient (Wildman–Crippen LogP) is 2.79. The summed E-state index contributed by atoms with van der Waals surface area (Å²) in [7, 11) is 1.67. The molecule has 0 unspecified atom stereocenters. The monoisotopic (exact) mass is 277 g/mol. The minimum Gasteiger partial charge on any atom is -0.497 e. The number of alkyl halides is 1. The molecule has 78 valence electrons. The molecule has 0 saturated carbocycles. The Hall–Kier alpha value is -0.250. The van der Waals surface area contributed by atoms with Gasteiger partial charge in [-0.15, -0.1) is 11.6 Å². The van der Waals surface area contributed by atoms with Crippen molar-refractivity contribution in [3.63, 3.8) is 0 Å². The van der Waals surface area contributed by atoms with Gasteiger partial charge in [-0.25, -0.2) is 0 Å². The highest BCUT2D eigenvalue weighted by molar-refractivity contribution is 9.10. The Morgan fingerprint density at radius 3 is 2.93 bits per heavy atom. The molecule has 0 amide bonds. The van der Waals surface area contributed by atoms with Crippen LogP contribution in [0.5, 0.6) is 5.75 Å². The Balaban J connectivity index is 2.64. The quantitative estimate of drug-likeness (QED) is 0.660. The molecular weight excluding hydrogens is 265 g/mol. The second-order valence-corrected chi connectivity index (χ2v) is 4.06. The zero-order chi connectivity index (χ0) is 10.4. The smallest absolute Gasteiger partial charge is 0.119 e. The first-order valence-electron chi connectivity index (χ1n) is 4.37. The van der Waals surface area contributed by atoms with Gasteiger partial charge in [0, 0.05) is 23.4 Å². The number of benzene rings is 1. The zero-order valence-corrected chi connectivity index (χ0v) is 10.4. The fourth-order valence-electron chi connectivity index (χ4n) is 1.10. The van der Waals surface area contributed by atoms with E-state index in [0.717, 1.165) is 23.3 Å². The SMILES string of the molecule is COc1ccc(Br)c(CNCCCl)c1. The molecule has 1 aromatic carbocycles. The fourth-order valence-corrected chi connectivity index (χ4v) is 1.62. The Kier molecular flexibility index (Phi) is 5.30. The van der Waals surface area contributed by atoms with Gasteiger partial charge in [0.05, 0.1) is 7.11 Å². The molecule has 0 saturated heterocycles. The molecule has 0 spiro atoms. The molecule has 0 fully saturated rings. The average Bonchev–Trinajstić information content (AvgIpc) is 2.21. The van der Waals surface area contributed by atoms with Crippen LogP contribution < -0.4 is 10.1 Å². The number of rotatable bonds is 5. The third-order valence-electron chi connectivity index (χ3n) is 1.84. The molecular formula is C10H13BrClNO. The van der Waals surface area contributed by atoms with E-state index in [-0.39, 0.29) is 0 Å². The van der Waals surface area contributed by atoms with Crippen LogP contribution in [0.3, 0.4) is 0 Å². The topological polar surface area (TPSA) is 21.3 Å².